The van der Waals surface area contributed by atoms with Crippen molar-refractivity contribution in [3.63, 3.8) is 0 Å². The summed E-state index contributed by atoms with van der Waals surface area (Å²) >= 11 is 0. The van der Waals surface area contributed by atoms with Crippen LogP contribution in [0.2, 0.25) is 0 Å². The second kappa shape index (κ2) is 6.44. The molecule has 4 nitrogen and oxygen atoms in total. The average molecular weight is 304 g/mol. The molecular formula is C16H17O4P. The van der Waals surface area contributed by atoms with Crippen molar-refractivity contribution in [3.05, 3.63) is 66.2 Å². The van der Waals surface area contributed by atoms with Gasteiger partial charge in [-0.25, -0.2) is 4.57 Å². The number of phosphoric ester groups is 1. The monoisotopic (exact) mass is 304 g/mol. The van der Waals surface area contributed by atoms with Crippen LogP contribution in [0.1, 0.15) is 12.0 Å². The molecule has 0 N–H and O–H groups in total. The highest BCUT2D eigenvalue weighted by atomic mass is 31.2. The van der Waals surface area contributed by atoms with Crippen LogP contribution in [0.4, 0.5) is 0 Å². The van der Waals surface area contributed by atoms with E-state index in [1.54, 1.807) is 12.1 Å². The van der Waals surface area contributed by atoms with Crippen molar-refractivity contribution in [2.24, 2.45) is 0 Å². The van der Waals surface area contributed by atoms with Gasteiger partial charge in [-0.2, -0.15) is 0 Å². The van der Waals surface area contributed by atoms with E-state index in [9.17, 15) is 4.57 Å². The average Bonchev–Trinajstić information content (AvgIpc) is 2.49. The maximum Gasteiger partial charge on any atom is 0.530 e. The molecule has 0 aromatic heterocycles. The lowest BCUT2D eigenvalue weighted by atomic mass is 10.1. The minimum atomic E-state index is -3.53. The van der Waals surface area contributed by atoms with Gasteiger partial charge in [-0.05, 0) is 30.5 Å². The van der Waals surface area contributed by atoms with Gasteiger partial charge in [-0.1, -0.05) is 48.5 Å². The molecule has 0 spiro atoms. The summed E-state index contributed by atoms with van der Waals surface area (Å²) in [5.74, 6) is 0.487. The lowest BCUT2D eigenvalue weighted by Crippen LogP contribution is -2.24. The molecule has 0 saturated carbocycles. The molecule has 0 aliphatic carbocycles. The first kappa shape index (κ1) is 14.3. The Kier molecular flexibility index (Phi) is 4.39. The molecule has 1 aliphatic rings. The largest absolute Gasteiger partial charge is 0.530 e. The van der Waals surface area contributed by atoms with Gasteiger partial charge in [0.2, 0.25) is 0 Å². The second-order valence-corrected chi connectivity index (χ2v) is 6.44. The zero-order valence-corrected chi connectivity index (χ0v) is 12.4. The van der Waals surface area contributed by atoms with Crippen LogP contribution in [0.5, 0.6) is 5.75 Å². The first-order valence-electron chi connectivity index (χ1n) is 6.95. The Balaban J connectivity index is 1.66. The van der Waals surface area contributed by atoms with E-state index in [4.69, 9.17) is 13.6 Å². The summed E-state index contributed by atoms with van der Waals surface area (Å²) in [5, 5.41) is 0. The molecule has 3 rings (SSSR count). The maximum absolute atomic E-state index is 12.5. The Morgan fingerprint density at radius 1 is 1.05 bits per heavy atom. The van der Waals surface area contributed by atoms with Crippen molar-refractivity contribution in [1.82, 2.24) is 0 Å². The lowest BCUT2D eigenvalue weighted by molar-refractivity contribution is 0.0518. The van der Waals surface area contributed by atoms with Crippen LogP contribution in [-0.4, -0.2) is 12.7 Å². The molecular weight excluding hydrogens is 287 g/mol. The molecule has 0 amide bonds. The third-order valence-corrected chi connectivity index (χ3v) is 4.72. The van der Waals surface area contributed by atoms with Gasteiger partial charge in [0.05, 0.1) is 12.7 Å². The van der Waals surface area contributed by atoms with Crippen LogP contribution < -0.4 is 4.52 Å². The lowest BCUT2D eigenvalue weighted by Gasteiger charge is -2.28. The van der Waals surface area contributed by atoms with E-state index in [1.807, 2.05) is 48.5 Å². The van der Waals surface area contributed by atoms with E-state index in [-0.39, 0.29) is 6.10 Å². The van der Waals surface area contributed by atoms with Crippen molar-refractivity contribution in [3.8, 4) is 5.75 Å². The Hall–Kier alpha value is -1.61. The molecule has 2 aromatic rings. The van der Waals surface area contributed by atoms with Crippen LogP contribution >= 0.6 is 7.82 Å². The van der Waals surface area contributed by atoms with Crippen molar-refractivity contribution >= 4 is 7.82 Å². The van der Waals surface area contributed by atoms with Crippen molar-refractivity contribution in [2.75, 3.05) is 6.61 Å². The Morgan fingerprint density at radius 2 is 1.71 bits per heavy atom. The molecule has 5 heteroatoms. The minimum Gasteiger partial charge on any atom is -0.404 e. The van der Waals surface area contributed by atoms with Crippen LogP contribution in [0, 0.1) is 0 Å². The van der Waals surface area contributed by atoms with Gasteiger partial charge in [0.15, 0.2) is 0 Å². The quantitative estimate of drug-likeness (QED) is 0.793. The third-order valence-electron chi connectivity index (χ3n) is 3.23. The van der Waals surface area contributed by atoms with E-state index in [0.29, 0.717) is 25.2 Å². The maximum atomic E-state index is 12.5. The fraction of sp³-hybridized carbons (Fsp3) is 0.250. The highest BCUT2D eigenvalue weighted by Crippen LogP contribution is 2.53. The van der Waals surface area contributed by atoms with E-state index in [1.165, 1.54) is 0 Å². The number of hydrogen-bond donors (Lipinski definition) is 0. The second-order valence-electron chi connectivity index (χ2n) is 4.89. The van der Waals surface area contributed by atoms with Crippen LogP contribution in [0.25, 0.3) is 0 Å². The predicted octanol–water partition coefficient (Wildman–Crippen LogP) is 4.22. The molecule has 2 atom stereocenters. The first-order valence-corrected chi connectivity index (χ1v) is 8.41. The SMILES string of the molecule is O=[P@]1(Oc2ccccc2)OCC[C@H](Cc2ccccc2)O1. The molecule has 1 heterocycles. The Labute approximate surface area is 124 Å². The van der Waals surface area contributed by atoms with Crippen LogP contribution in [0.3, 0.4) is 0 Å². The van der Waals surface area contributed by atoms with Crippen molar-refractivity contribution < 1.29 is 18.1 Å². The third kappa shape index (κ3) is 3.94. The molecule has 0 unspecified atom stereocenters. The number of rotatable bonds is 4. The zero-order valence-electron chi connectivity index (χ0n) is 11.6. The number of para-hydroxylation sites is 1. The van der Waals surface area contributed by atoms with Gasteiger partial charge in [0.25, 0.3) is 0 Å². The Bertz CT molecular complexity index is 615. The summed E-state index contributed by atoms with van der Waals surface area (Å²) in [5.41, 5.74) is 1.15. The van der Waals surface area contributed by atoms with Gasteiger partial charge in [0.1, 0.15) is 5.75 Å². The van der Waals surface area contributed by atoms with E-state index < -0.39 is 7.82 Å². The van der Waals surface area contributed by atoms with Crippen molar-refractivity contribution in [1.29, 1.82) is 0 Å². The highest BCUT2D eigenvalue weighted by Gasteiger charge is 2.36. The highest BCUT2D eigenvalue weighted by molar-refractivity contribution is 7.49. The van der Waals surface area contributed by atoms with Gasteiger partial charge in [-0.15, -0.1) is 0 Å². The molecule has 0 bridgehead atoms. The molecule has 1 aliphatic heterocycles. The van der Waals surface area contributed by atoms with Gasteiger partial charge < -0.3 is 4.52 Å². The summed E-state index contributed by atoms with van der Waals surface area (Å²) in [6.45, 7) is 0.377. The summed E-state index contributed by atoms with van der Waals surface area (Å²) in [7, 11) is -3.53. The van der Waals surface area contributed by atoms with E-state index >= 15 is 0 Å². The number of phosphoric acid groups is 1. The smallest absolute Gasteiger partial charge is 0.404 e. The van der Waals surface area contributed by atoms with Crippen LogP contribution in [-0.2, 0) is 20.0 Å². The van der Waals surface area contributed by atoms with Crippen molar-refractivity contribution in [2.45, 2.75) is 18.9 Å². The summed E-state index contributed by atoms with van der Waals surface area (Å²) in [6.07, 6.45) is 1.25. The van der Waals surface area contributed by atoms with Crippen LogP contribution in [0.15, 0.2) is 60.7 Å². The molecule has 0 radical (unpaired) electrons. The summed E-state index contributed by atoms with van der Waals surface area (Å²) in [6, 6.07) is 18.9. The van der Waals surface area contributed by atoms with E-state index in [2.05, 4.69) is 0 Å². The zero-order chi connectivity index (χ0) is 14.5. The molecule has 110 valence electrons. The van der Waals surface area contributed by atoms with Gasteiger partial charge in [0, 0.05) is 0 Å². The Morgan fingerprint density at radius 3 is 2.43 bits per heavy atom. The predicted molar refractivity (Wildman–Crippen MR) is 80.3 cm³/mol. The fourth-order valence-corrected chi connectivity index (χ4v) is 3.65. The number of hydrogen-bond acceptors (Lipinski definition) is 4. The summed E-state index contributed by atoms with van der Waals surface area (Å²) < 4.78 is 28.8. The number of benzene rings is 2. The van der Waals surface area contributed by atoms with Gasteiger partial charge >= 0.3 is 7.82 Å². The first-order chi connectivity index (χ1) is 10.2. The van der Waals surface area contributed by atoms with E-state index in [0.717, 1.165) is 5.56 Å². The molecule has 1 fully saturated rings. The fourth-order valence-electron chi connectivity index (χ4n) is 2.24. The molecule has 1 saturated heterocycles. The molecule has 21 heavy (non-hydrogen) atoms. The molecule has 2 aromatic carbocycles. The minimum absolute atomic E-state index is 0.157. The standard InChI is InChI=1S/C16H17O4P/c17-21(19-15-9-5-2-6-10-15)18-12-11-16(20-21)13-14-7-3-1-4-8-14/h1-10,16H,11-13H2/t16-,21-/m1/s1. The summed E-state index contributed by atoms with van der Waals surface area (Å²) in [4.78, 5) is 0. The van der Waals surface area contributed by atoms with Gasteiger partial charge in [-0.3, -0.25) is 9.05 Å². The topological polar surface area (TPSA) is 44.8 Å². The normalized spacial score (nSPS) is 25.4.